The molecule has 0 N–H and O–H groups in total. The van der Waals surface area contributed by atoms with Gasteiger partial charge in [-0.3, -0.25) is 0 Å². The second-order valence-corrected chi connectivity index (χ2v) is 5.45. The lowest BCUT2D eigenvalue weighted by Crippen LogP contribution is -2.20. The van der Waals surface area contributed by atoms with E-state index in [1.54, 1.807) is 5.57 Å². The molecule has 0 saturated carbocycles. The molecule has 0 heteroatoms. The van der Waals surface area contributed by atoms with Gasteiger partial charge in [-0.15, -0.1) is 0 Å². The summed E-state index contributed by atoms with van der Waals surface area (Å²) in [5, 5.41) is 0. The van der Waals surface area contributed by atoms with Crippen LogP contribution in [0, 0.1) is 11.3 Å². The van der Waals surface area contributed by atoms with Gasteiger partial charge in [0.05, 0.1) is 0 Å². The third-order valence-electron chi connectivity index (χ3n) is 2.95. The van der Waals surface area contributed by atoms with Gasteiger partial charge in [0.2, 0.25) is 0 Å². The first-order valence-corrected chi connectivity index (χ1v) is 5.73. The van der Waals surface area contributed by atoms with Gasteiger partial charge >= 0.3 is 0 Å². The molecule has 0 aliphatic heterocycles. The van der Waals surface area contributed by atoms with Gasteiger partial charge in [0.15, 0.2) is 0 Å². The summed E-state index contributed by atoms with van der Waals surface area (Å²) in [7, 11) is 0. The van der Waals surface area contributed by atoms with Gasteiger partial charge in [0.1, 0.15) is 0 Å². The van der Waals surface area contributed by atoms with Crippen LogP contribution in [0.25, 0.3) is 0 Å². The Labute approximate surface area is 83.4 Å². The number of hydrogen-bond donors (Lipinski definition) is 0. The molecule has 1 unspecified atom stereocenters. The van der Waals surface area contributed by atoms with Crippen LogP contribution in [0.1, 0.15) is 59.8 Å². The molecule has 0 fully saturated rings. The zero-order valence-corrected chi connectivity index (χ0v) is 9.69. The highest BCUT2D eigenvalue weighted by Gasteiger charge is 2.25. The quantitative estimate of drug-likeness (QED) is 0.558. The van der Waals surface area contributed by atoms with E-state index in [0.717, 1.165) is 5.92 Å². The number of allylic oxidation sites excluding steroid dienone is 2. The molecule has 13 heavy (non-hydrogen) atoms. The van der Waals surface area contributed by atoms with Gasteiger partial charge in [-0.05, 0) is 37.0 Å². The summed E-state index contributed by atoms with van der Waals surface area (Å²) in [6.45, 7) is 9.44. The monoisotopic (exact) mass is 180 g/mol. The van der Waals surface area contributed by atoms with Crippen molar-refractivity contribution in [3.8, 4) is 0 Å². The highest BCUT2D eigenvalue weighted by molar-refractivity contribution is 5.11. The smallest absolute Gasteiger partial charge is 0.0254 e. The summed E-state index contributed by atoms with van der Waals surface area (Å²) < 4.78 is 0. The molecule has 76 valence electrons. The van der Waals surface area contributed by atoms with E-state index in [9.17, 15) is 0 Å². The van der Waals surface area contributed by atoms with Crippen LogP contribution in [0.2, 0.25) is 0 Å². The summed E-state index contributed by atoms with van der Waals surface area (Å²) >= 11 is 0. The Hall–Kier alpha value is -0.260. The molecule has 0 aromatic heterocycles. The highest BCUT2D eigenvalue weighted by Crippen LogP contribution is 2.39. The van der Waals surface area contributed by atoms with Crippen molar-refractivity contribution < 1.29 is 0 Å². The molecule has 1 aliphatic rings. The summed E-state index contributed by atoms with van der Waals surface area (Å²) in [5.74, 6) is 0.801. The maximum atomic E-state index is 2.51. The Morgan fingerprint density at radius 1 is 1.46 bits per heavy atom. The Bertz CT molecular complexity index is 186. The molecule has 1 aliphatic carbocycles. The molecule has 1 rings (SSSR count). The molecule has 0 spiro atoms. The maximum Gasteiger partial charge on any atom is -0.0254 e. The Balaban J connectivity index is 2.53. The normalized spacial score (nSPS) is 27.1. The van der Waals surface area contributed by atoms with E-state index in [1.807, 2.05) is 0 Å². The zero-order chi connectivity index (χ0) is 9.90. The first-order valence-electron chi connectivity index (χ1n) is 5.73. The molecule has 0 saturated heterocycles. The second kappa shape index (κ2) is 4.30. The fourth-order valence-electron chi connectivity index (χ4n) is 2.65. The van der Waals surface area contributed by atoms with Crippen molar-refractivity contribution >= 4 is 0 Å². The Kier molecular flexibility index (Phi) is 3.58. The summed E-state index contributed by atoms with van der Waals surface area (Å²) in [6, 6.07) is 0. The van der Waals surface area contributed by atoms with Gasteiger partial charge in [0.25, 0.3) is 0 Å². The lowest BCUT2D eigenvalue weighted by molar-refractivity contribution is 0.275. The van der Waals surface area contributed by atoms with Gasteiger partial charge in [-0.2, -0.15) is 0 Å². The van der Waals surface area contributed by atoms with Crippen molar-refractivity contribution in [2.24, 2.45) is 11.3 Å². The van der Waals surface area contributed by atoms with Gasteiger partial charge in [-0.1, -0.05) is 45.8 Å². The average Bonchev–Trinajstić information content (AvgIpc) is 1.97. The third-order valence-corrected chi connectivity index (χ3v) is 2.95. The zero-order valence-electron chi connectivity index (χ0n) is 9.69. The lowest BCUT2D eigenvalue weighted by Gasteiger charge is -2.33. The van der Waals surface area contributed by atoms with E-state index in [-0.39, 0.29) is 0 Å². The molecule has 0 radical (unpaired) electrons. The van der Waals surface area contributed by atoms with Crippen LogP contribution in [-0.4, -0.2) is 0 Å². The van der Waals surface area contributed by atoms with E-state index in [0.29, 0.717) is 5.41 Å². The molecule has 1 atom stereocenters. The second-order valence-electron chi connectivity index (χ2n) is 5.45. The van der Waals surface area contributed by atoms with Crippen molar-refractivity contribution in [1.29, 1.82) is 0 Å². The predicted molar refractivity (Wildman–Crippen MR) is 59.8 cm³/mol. The molecule has 0 aromatic rings. The third kappa shape index (κ3) is 3.54. The van der Waals surface area contributed by atoms with Crippen LogP contribution < -0.4 is 0 Å². The fraction of sp³-hybridized carbons (Fsp3) is 0.846. The van der Waals surface area contributed by atoms with Gasteiger partial charge in [-0.25, -0.2) is 0 Å². The van der Waals surface area contributed by atoms with Crippen LogP contribution in [0.15, 0.2) is 11.6 Å². The van der Waals surface area contributed by atoms with Crippen molar-refractivity contribution in [2.75, 3.05) is 0 Å². The van der Waals surface area contributed by atoms with Crippen LogP contribution in [0.3, 0.4) is 0 Å². The van der Waals surface area contributed by atoms with Crippen molar-refractivity contribution in [2.45, 2.75) is 59.8 Å². The molecule has 0 heterocycles. The molecule has 0 nitrogen and oxygen atoms in total. The van der Waals surface area contributed by atoms with E-state index in [2.05, 4.69) is 33.8 Å². The molecular weight excluding hydrogens is 156 g/mol. The molecule has 0 aromatic carbocycles. The summed E-state index contributed by atoms with van der Waals surface area (Å²) in [5.41, 5.74) is 2.27. The SMILES string of the molecule is CCCCC1=CC(C)CC(C)(C)C1. The van der Waals surface area contributed by atoms with E-state index >= 15 is 0 Å². The van der Waals surface area contributed by atoms with Crippen molar-refractivity contribution in [3.63, 3.8) is 0 Å². The van der Waals surface area contributed by atoms with Crippen molar-refractivity contribution in [3.05, 3.63) is 11.6 Å². The lowest BCUT2D eigenvalue weighted by atomic mass is 9.72. The summed E-state index contributed by atoms with van der Waals surface area (Å²) in [6.07, 6.45) is 9.24. The number of unbranched alkanes of at least 4 members (excludes halogenated alkanes) is 1. The minimum absolute atomic E-state index is 0.553. The van der Waals surface area contributed by atoms with Crippen LogP contribution in [0.5, 0.6) is 0 Å². The van der Waals surface area contributed by atoms with E-state index in [4.69, 9.17) is 0 Å². The fourth-order valence-corrected chi connectivity index (χ4v) is 2.65. The van der Waals surface area contributed by atoms with Crippen LogP contribution >= 0.6 is 0 Å². The maximum absolute atomic E-state index is 2.51. The molecule has 0 amide bonds. The molecular formula is C13H24. The van der Waals surface area contributed by atoms with Crippen LogP contribution in [0.4, 0.5) is 0 Å². The average molecular weight is 180 g/mol. The van der Waals surface area contributed by atoms with Crippen LogP contribution in [-0.2, 0) is 0 Å². The van der Waals surface area contributed by atoms with Crippen molar-refractivity contribution in [1.82, 2.24) is 0 Å². The van der Waals surface area contributed by atoms with Gasteiger partial charge in [0, 0.05) is 0 Å². The van der Waals surface area contributed by atoms with E-state index in [1.165, 1.54) is 32.1 Å². The Morgan fingerprint density at radius 3 is 2.69 bits per heavy atom. The first-order chi connectivity index (χ1) is 6.03. The number of hydrogen-bond acceptors (Lipinski definition) is 0. The first kappa shape index (κ1) is 10.8. The Morgan fingerprint density at radius 2 is 2.15 bits per heavy atom. The predicted octanol–water partition coefficient (Wildman–Crippen LogP) is 4.56. The molecule has 0 bridgehead atoms. The van der Waals surface area contributed by atoms with E-state index < -0.39 is 0 Å². The largest absolute Gasteiger partial charge is 0.0824 e. The topological polar surface area (TPSA) is 0 Å². The highest BCUT2D eigenvalue weighted by atomic mass is 14.3. The minimum atomic E-state index is 0.553. The number of rotatable bonds is 3. The summed E-state index contributed by atoms with van der Waals surface area (Å²) in [4.78, 5) is 0. The van der Waals surface area contributed by atoms with Gasteiger partial charge < -0.3 is 0 Å². The standard InChI is InChI=1S/C13H24/c1-5-6-7-12-8-11(2)9-13(3,4)10-12/h8,11H,5-7,9-10H2,1-4H3. The minimum Gasteiger partial charge on any atom is -0.0824 e.